The Balaban J connectivity index is 1.43. The number of hydrogen-bond donors (Lipinski definition) is 1. The second kappa shape index (κ2) is 7.62. The van der Waals surface area contributed by atoms with Gasteiger partial charge in [-0.25, -0.2) is 4.79 Å². The molecule has 6 nitrogen and oxygen atoms in total. The highest BCUT2D eigenvalue weighted by molar-refractivity contribution is 5.74. The first kappa shape index (κ1) is 16.0. The Morgan fingerprint density at radius 3 is 2.57 bits per heavy atom. The van der Waals surface area contributed by atoms with Crippen LogP contribution in [0.25, 0.3) is 0 Å². The number of urea groups is 1. The van der Waals surface area contributed by atoms with E-state index in [-0.39, 0.29) is 6.03 Å². The number of rotatable bonds is 3. The molecule has 1 N–H and O–H groups in total. The van der Waals surface area contributed by atoms with Gasteiger partial charge in [-0.05, 0) is 43.7 Å². The van der Waals surface area contributed by atoms with Crippen LogP contribution in [-0.4, -0.2) is 53.3 Å². The Morgan fingerprint density at radius 2 is 1.96 bits per heavy atom. The number of carbonyl (C=O) groups excluding carboxylic acids is 1. The van der Waals surface area contributed by atoms with Gasteiger partial charge in [0.15, 0.2) is 5.82 Å². The number of carbonyl (C=O) groups is 1. The molecule has 2 heterocycles. The highest BCUT2D eigenvalue weighted by Gasteiger charge is 2.26. The molecule has 23 heavy (non-hydrogen) atoms. The summed E-state index contributed by atoms with van der Waals surface area (Å²) in [6.45, 7) is 5.38. The van der Waals surface area contributed by atoms with E-state index in [1.165, 1.54) is 19.3 Å². The lowest BCUT2D eigenvalue weighted by Gasteiger charge is -2.36. The van der Waals surface area contributed by atoms with Crippen molar-refractivity contribution < 1.29 is 4.79 Å². The van der Waals surface area contributed by atoms with Crippen molar-refractivity contribution >= 4 is 11.8 Å². The summed E-state index contributed by atoms with van der Waals surface area (Å²) in [5.41, 5.74) is 0. The fourth-order valence-corrected chi connectivity index (χ4v) is 3.58. The largest absolute Gasteiger partial charge is 0.352 e. The van der Waals surface area contributed by atoms with Crippen molar-refractivity contribution in [2.75, 3.05) is 31.1 Å². The maximum atomic E-state index is 12.4. The SMILES string of the molecule is CCC1CCC(NC(=O)N2CCN(c3cccnn3)CC2)CC1. The standard InChI is InChI=1S/C17H27N5O/c1-2-14-5-7-15(8-6-14)19-17(23)22-12-10-21(11-13-22)16-4-3-9-18-20-16/h3-4,9,14-15H,2,5-8,10-13H2,1H3,(H,19,23). The van der Waals surface area contributed by atoms with Crippen LogP contribution in [0, 0.1) is 5.92 Å². The Labute approximate surface area is 138 Å². The van der Waals surface area contributed by atoms with Gasteiger partial charge in [-0.15, -0.1) is 5.10 Å². The van der Waals surface area contributed by atoms with Crippen LogP contribution in [0.3, 0.4) is 0 Å². The molecule has 6 heteroatoms. The molecule has 2 fully saturated rings. The monoisotopic (exact) mass is 317 g/mol. The fourth-order valence-electron chi connectivity index (χ4n) is 3.58. The van der Waals surface area contributed by atoms with E-state index in [0.717, 1.165) is 50.8 Å². The normalized spacial score (nSPS) is 25.3. The van der Waals surface area contributed by atoms with Crippen molar-refractivity contribution in [1.29, 1.82) is 0 Å². The molecular formula is C17H27N5O. The molecule has 2 aliphatic rings. The van der Waals surface area contributed by atoms with Crippen molar-refractivity contribution in [2.45, 2.75) is 45.1 Å². The van der Waals surface area contributed by atoms with E-state index < -0.39 is 0 Å². The van der Waals surface area contributed by atoms with Gasteiger partial charge in [-0.2, -0.15) is 5.10 Å². The van der Waals surface area contributed by atoms with Crippen LogP contribution >= 0.6 is 0 Å². The Bertz CT molecular complexity index is 493. The summed E-state index contributed by atoms with van der Waals surface area (Å²) >= 11 is 0. The zero-order valence-electron chi connectivity index (χ0n) is 13.9. The molecule has 1 aliphatic heterocycles. The second-order valence-corrected chi connectivity index (χ2v) is 6.63. The maximum absolute atomic E-state index is 12.4. The third-order valence-corrected chi connectivity index (χ3v) is 5.20. The van der Waals surface area contributed by atoms with Crippen LogP contribution in [-0.2, 0) is 0 Å². The molecular weight excluding hydrogens is 290 g/mol. The zero-order chi connectivity index (χ0) is 16.1. The highest BCUT2D eigenvalue weighted by atomic mass is 16.2. The van der Waals surface area contributed by atoms with E-state index in [0.29, 0.717) is 6.04 Å². The van der Waals surface area contributed by atoms with Crippen LogP contribution in [0.4, 0.5) is 10.6 Å². The van der Waals surface area contributed by atoms with E-state index in [1.54, 1.807) is 6.20 Å². The summed E-state index contributed by atoms with van der Waals surface area (Å²) in [5.74, 6) is 1.75. The van der Waals surface area contributed by atoms with Gasteiger partial charge in [0.1, 0.15) is 0 Å². The van der Waals surface area contributed by atoms with E-state index in [4.69, 9.17) is 0 Å². The molecule has 1 aromatic rings. The second-order valence-electron chi connectivity index (χ2n) is 6.63. The van der Waals surface area contributed by atoms with E-state index in [9.17, 15) is 4.79 Å². The third kappa shape index (κ3) is 4.12. The molecule has 1 aromatic heterocycles. The molecule has 126 valence electrons. The molecule has 0 bridgehead atoms. The lowest BCUT2D eigenvalue weighted by atomic mass is 9.84. The van der Waals surface area contributed by atoms with E-state index in [1.807, 2.05) is 17.0 Å². The van der Waals surface area contributed by atoms with Gasteiger partial charge in [0.25, 0.3) is 0 Å². The van der Waals surface area contributed by atoms with Crippen molar-refractivity contribution in [3.8, 4) is 0 Å². The summed E-state index contributed by atoms with van der Waals surface area (Å²) in [7, 11) is 0. The summed E-state index contributed by atoms with van der Waals surface area (Å²) in [4.78, 5) is 16.5. The number of hydrogen-bond acceptors (Lipinski definition) is 4. The van der Waals surface area contributed by atoms with Crippen LogP contribution in [0.15, 0.2) is 18.3 Å². The average molecular weight is 317 g/mol. The third-order valence-electron chi connectivity index (χ3n) is 5.20. The maximum Gasteiger partial charge on any atom is 0.317 e. The summed E-state index contributed by atoms with van der Waals surface area (Å²) in [6, 6.07) is 4.33. The van der Waals surface area contributed by atoms with Gasteiger partial charge < -0.3 is 15.1 Å². The predicted molar refractivity (Wildman–Crippen MR) is 90.4 cm³/mol. The van der Waals surface area contributed by atoms with Crippen LogP contribution in [0.2, 0.25) is 0 Å². The van der Waals surface area contributed by atoms with Crippen molar-refractivity contribution in [3.63, 3.8) is 0 Å². The van der Waals surface area contributed by atoms with Gasteiger partial charge in [0, 0.05) is 38.4 Å². The smallest absolute Gasteiger partial charge is 0.317 e. The molecule has 3 rings (SSSR count). The van der Waals surface area contributed by atoms with Crippen LogP contribution in [0.5, 0.6) is 0 Å². The zero-order valence-corrected chi connectivity index (χ0v) is 13.9. The lowest BCUT2D eigenvalue weighted by molar-refractivity contribution is 0.183. The van der Waals surface area contributed by atoms with Crippen molar-refractivity contribution in [2.24, 2.45) is 5.92 Å². The molecule has 0 spiro atoms. The minimum atomic E-state index is 0.101. The van der Waals surface area contributed by atoms with Crippen molar-refractivity contribution in [1.82, 2.24) is 20.4 Å². The Hall–Kier alpha value is -1.85. The minimum absolute atomic E-state index is 0.101. The Morgan fingerprint density at radius 1 is 1.22 bits per heavy atom. The molecule has 1 saturated carbocycles. The van der Waals surface area contributed by atoms with E-state index in [2.05, 4.69) is 27.3 Å². The van der Waals surface area contributed by atoms with Gasteiger partial charge in [0.2, 0.25) is 0 Å². The number of anilines is 1. The molecule has 0 aromatic carbocycles. The van der Waals surface area contributed by atoms with Gasteiger partial charge in [-0.3, -0.25) is 0 Å². The first-order chi connectivity index (χ1) is 11.3. The van der Waals surface area contributed by atoms with Crippen molar-refractivity contribution in [3.05, 3.63) is 18.3 Å². The number of piperazine rings is 1. The molecule has 0 atom stereocenters. The number of nitrogens with zero attached hydrogens (tertiary/aromatic N) is 4. The first-order valence-corrected chi connectivity index (χ1v) is 8.84. The Kier molecular flexibility index (Phi) is 5.31. The number of nitrogens with one attached hydrogen (secondary N) is 1. The van der Waals surface area contributed by atoms with Gasteiger partial charge >= 0.3 is 6.03 Å². The lowest BCUT2D eigenvalue weighted by Crippen LogP contribution is -2.54. The quantitative estimate of drug-likeness (QED) is 0.929. The van der Waals surface area contributed by atoms with E-state index >= 15 is 0 Å². The number of amides is 2. The minimum Gasteiger partial charge on any atom is -0.352 e. The predicted octanol–water partition coefficient (Wildman–Crippen LogP) is 2.28. The number of aromatic nitrogens is 2. The van der Waals surface area contributed by atoms with Gasteiger partial charge in [-0.1, -0.05) is 13.3 Å². The topological polar surface area (TPSA) is 61.4 Å². The molecule has 0 unspecified atom stereocenters. The van der Waals surface area contributed by atoms with Crippen LogP contribution in [0.1, 0.15) is 39.0 Å². The molecule has 2 amide bonds. The first-order valence-electron chi connectivity index (χ1n) is 8.84. The summed E-state index contributed by atoms with van der Waals surface area (Å²) in [6.07, 6.45) is 7.71. The molecule has 0 radical (unpaired) electrons. The van der Waals surface area contributed by atoms with Gasteiger partial charge in [0.05, 0.1) is 0 Å². The highest BCUT2D eigenvalue weighted by Crippen LogP contribution is 2.26. The average Bonchev–Trinajstić information content (AvgIpc) is 2.63. The molecule has 1 saturated heterocycles. The summed E-state index contributed by atoms with van der Waals surface area (Å²) in [5, 5.41) is 11.3. The van der Waals surface area contributed by atoms with Crippen LogP contribution < -0.4 is 10.2 Å². The summed E-state index contributed by atoms with van der Waals surface area (Å²) < 4.78 is 0. The fraction of sp³-hybridized carbons (Fsp3) is 0.706. The molecule has 1 aliphatic carbocycles.